The molecule has 1 N–H and O–H groups in total. The van der Waals surface area contributed by atoms with Crippen molar-refractivity contribution >= 4 is 23.2 Å². The zero-order valence-corrected chi connectivity index (χ0v) is 10.9. The first-order valence-corrected chi connectivity index (χ1v) is 6.20. The van der Waals surface area contributed by atoms with E-state index in [-0.39, 0.29) is 0 Å². The molecule has 0 aromatic heterocycles. The van der Waals surface area contributed by atoms with E-state index in [1.165, 1.54) is 18.2 Å². The number of aliphatic hydroxyl groups is 1. The third kappa shape index (κ3) is 3.02. The Balaban J connectivity index is 2.25. The van der Waals surface area contributed by atoms with Gasteiger partial charge in [-0.25, -0.2) is 4.39 Å². The SMILES string of the molecule is OC(Cc1ccccc1Cl)c1cc(F)ccc1Cl. The standard InChI is InChI=1S/C14H11Cl2FO/c15-12-4-2-1-3-9(12)7-14(18)11-8-10(17)5-6-13(11)16/h1-6,8,14,18H,7H2. The van der Waals surface area contributed by atoms with Gasteiger partial charge in [0.15, 0.2) is 0 Å². The van der Waals surface area contributed by atoms with Crippen molar-refractivity contribution in [2.75, 3.05) is 0 Å². The summed E-state index contributed by atoms with van der Waals surface area (Å²) < 4.78 is 13.1. The third-order valence-corrected chi connectivity index (χ3v) is 3.40. The maximum absolute atomic E-state index is 13.1. The molecule has 1 unspecified atom stereocenters. The van der Waals surface area contributed by atoms with Crippen molar-refractivity contribution in [1.29, 1.82) is 0 Å². The Morgan fingerprint density at radius 2 is 1.78 bits per heavy atom. The predicted molar refractivity (Wildman–Crippen MR) is 71.5 cm³/mol. The van der Waals surface area contributed by atoms with Crippen molar-refractivity contribution in [3.63, 3.8) is 0 Å². The van der Waals surface area contributed by atoms with E-state index in [2.05, 4.69) is 0 Å². The van der Waals surface area contributed by atoms with Gasteiger partial charge in [0.25, 0.3) is 0 Å². The van der Waals surface area contributed by atoms with Gasteiger partial charge in [0.1, 0.15) is 5.82 Å². The fourth-order valence-corrected chi connectivity index (χ4v) is 2.21. The average molecular weight is 285 g/mol. The lowest BCUT2D eigenvalue weighted by molar-refractivity contribution is 0.178. The minimum atomic E-state index is -0.881. The van der Waals surface area contributed by atoms with E-state index in [0.29, 0.717) is 22.0 Å². The van der Waals surface area contributed by atoms with Crippen LogP contribution in [0, 0.1) is 5.82 Å². The molecule has 94 valence electrons. The molecule has 0 aliphatic heterocycles. The first-order valence-electron chi connectivity index (χ1n) is 5.44. The molecule has 0 saturated carbocycles. The quantitative estimate of drug-likeness (QED) is 0.885. The van der Waals surface area contributed by atoms with Crippen molar-refractivity contribution in [2.24, 2.45) is 0 Å². The van der Waals surface area contributed by atoms with Crippen LogP contribution in [-0.2, 0) is 6.42 Å². The number of halogens is 3. The molecule has 2 rings (SSSR count). The van der Waals surface area contributed by atoms with Crippen LogP contribution in [0.2, 0.25) is 10.0 Å². The molecule has 0 aliphatic carbocycles. The minimum Gasteiger partial charge on any atom is -0.388 e. The van der Waals surface area contributed by atoms with Gasteiger partial charge in [0, 0.05) is 22.0 Å². The summed E-state index contributed by atoms with van der Waals surface area (Å²) in [6.07, 6.45) is -0.587. The molecule has 2 aromatic carbocycles. The van der Waals surface area contributed by atoms with Crippen molar-refractivity contribution < 1.29 is 9.50 Å². The summed E-state index contributed by atoms with van der Waals surface area (Å²) in [6, 6.07) is 11.1. The number of benzene rings is 2. The molecule has 0 radical (unpaired) electrons. The maximum Gasteiger partial charge on any atom is 0.123 e. The van der Waals surface area contributed by atoms with E-state index in [1.54, 1.807) is 6.07 Å². The Bertz CT molecular complexity index is 557. The normalized spacial score (nSPS) is 12.4. The Hall–Kier alpha value is -1.09. The highest BCUT2D eigenvalue weighted by Gasteiger charge is 2.14. The lowest BCUT2D eigenvalue weighted by Crippen LogP contribution is -2.03. The number of aliphatic hydroxyl groups excluding tert-OH is 1. The van der Waals surface area contributed by atoms with Crippen LogP contribution in [-0.4, -0.2) is 5.11 Å². The molecular weight excluding hydrogens is 274 g/mol. The summed E-state index contributed by atoms with van der Waals surface area (Å²) in [5.74, 6) is -0.424. The van der Waals surface area contributed by atoms with Gasteiger partial charge in [-0.05, 0) is 29.8 Å². The minimum absolute atomic E-state index is 0.294. The number of hydrogen-bond donors (Lipinski definition) is 1. The second-order valence-corrected chi connectivity index (χ2v) is 4.79. The van der Waals surface area contributed by atoms with Crippen molar-refractivity contribution in [2.45, 2.75) is 12.5 Å². The largest absolute Gasteiger partial charge is 0.388 e. The van der Waals surface area contributed by atoms with Crippen LogP contribution >= 0.6 is 23.2 Å². The molecule has 0 spiro atoms. The van der Waals surface area contributed by atoms with Gasteiger partial charge in [-0.15, -0.1) is 0 Å². The fourth-order valence-electron chi connectivity index (χ4n) is 1.75. The Morgan fingerprint density at radius 1 is 1.06 bits per heavy atom. The Labute approximate surface area is 115 Å². The highest BCUT2D eigenvalue weighted by atomic mass is 35.5. The van der Waals surface area contributed by atoms with Crippen LogP contribution in [0.5, 0.6) is 0 Å². The molecule has 18 heavy (non-hydrogen) atoms. The van der Waals surface area contributed by atoms with Crippen LogP contribution in [0.15, 0.2) is 42.5 Å². The molecule has 1 nitrogen and oxygen atoms in total. The van der Waals surface area contributed by atoms with E-state index < -0.39 is 11.9 Å². The molecule has 0 amide bonds. The molecule has 0 fully saturated rings. The first-order chi connectivity index (χ1) is 8.58. The van der Waals surface area contributed by atoms with Gasteiger partial charge in [-0.1, -0.05) is 41.4 Å². The predicted octanol–water partition coefficient (Wildman–Crippen LogP) is 4.41. The van der Waals surface area contributed by atoms with Crippen LogP contribution in [0.3, 0.4) is 0 Å². The molecular formula is C14H11Cl2FO. The maximum atomic E-state index is 13.1. The molecule has 0 bridgehead atoms. The van der Waals surface area contributed by atoms with Gasteiger partial charge in [-0.2, -0.15) is 0 Å². The fraction of sp³-hybridized carbons (Fsp3) is 0.143. The molecule has 0 aliphatic rings. The second kappa shape index (κ2) is 5.70. The monoisotopic (exact) mass is 284 g/mol. The van der Waals surface area contributed by atoms with E-state index >= 15 is 0 Å². The summed E-state index contributed by atoms with van der Waals surface area (Å²) in [4.78, 5) is 0. The van der Waals surface area contributed by atoms with Gasteiger partial charge in [0.2, 0.25) is 0 Å². The number of rotatable bonds is 3. The zero-order valence-electron chi connectivity index (χ0n) is 9.41. The van der Waals surface area contributed by atoms with Crippen LogP contribution < -0.4 is 0 Å². The molecule has 2 aromatic rings. The highest BCUT2D eigenvalue weighted by molar-refractivity contribution is 6.31. The van der Waals surface area contributed by atoms with E-state index in [9.17, 15) is 9.50 Å². The summed E-state index contributed by atoms with van der Waals surface area (Å²) >= 11 is 11.9. The molecule has 4 heteroatoms. The summed E-state index contributed by atoms with van der Waals surface area (Å²) in [7, 11) is 0. The Kier molecular flexibility index (Phi) is 4.23. The lowest BCUT2D eigenvalue weighted by Gasteiger charge is -2.13. The van der Waals surface area contributed by atoms with Gasteiger partial charge in [-0.3, -0.25) is 0 Å². The molecule has 0 heterocycles. The second-order valence-electron chi connectivity index (χ2n) is 3.98. The van der Waals surface area contributed by atoms with Crippen LogP contribution in [0.25, 0.3) is 0 Å². The zero-order chi connectivity index (χ0) is 13.1. The summed E-state index contributed by atoms with van der Waals surface area (Å²) in [6.45, 7) is 0. The first kappa shape index (κ1) is 13.3. The summed E-state index contributed by atoms with van der Waals surface area (Å²) in [5.41, 5.74) is 1.17. The molecule has 0 saturated heterocycles. The molecule has 1 atom stereocenters. The highest BCUT2D eigenvalue weighted by Crippen LogP contribution is 2.28. The third-order valence-electron chi connectivity index (χ3n) is 2.69. The topological polar surface area (TPSA) is 20.2 Å². The summed E-state index contributed by atoms with van der Waals surface area (Å²) in [5, 5.41) is 11.0. The number of hydrogen-bond acceptors (Lipinski definition) is 1. The average Bonchev–Trinajstić information content (AvgIpc) is 2.35. The van der Waals surface area contributed by atoms with Gasteiger partial charge in [0.05, 0.1) is 6.10 Å². The van der Waals surface area contributed by atoms with Crippen LogP contribution in [0.1, 0.15) is 17.2 Å². The van der Waals surface area contributed by atoms with E-state index in [1.807, 2.05) is 18.2 Å². The van der Waals surface area contributed by atoms with E-state index in [0.717, 1.165) is 5.56 Å². The van der Waals surface area contributed by atoms with Crippen molar-refractivity contribution in [1.82, 2.24) is 0 Å². The van der Waals surface area contributed by atoms with Gasteiger partial charge < -0.3 is 5.11 Å². The van der Waals surface area contributed by atoms with Crippen molar-refractivity contribution in [3.05, 3.63) is 69.5 Å². The van der Waals surface area contributed by atoms with Crippen LogP contribution in [0.4, 0.5) is 4.39 Å². The van der Waals surface area contributed by atoms with E-state index in [4.69, 9.17) is 23.2 Å². The smallest absolute Gasteiger partial charge is 0.123 e. The Morgan fingerprint density at radius 3 is 2.50 bits per heavy atom. The van der Waals surface area contributed by atoms with Gasteiger partial charge >= 0.3 is 0 Å². The van der Waals surface area contributed by atoms with Crippen molar-refractivity contribution in [3.8, 4) is 0 Å². The lowest BCUT2D eigenvalue weighted by atomic mass is 10.0.